The number of halogens is 1. The van der Waals surface area contributed by atoms with Crippen molar-refractivity contribution in [1.29, 1.82) is 0 Å². The molecule has 0 radical (unpaired) electrons. The van der Waals surface area contributed by atoms with Gasteiger partial charge < -0.3 is 0 Å². The quantitative estimate of drug-likeness (QED) is 0.803. The van der Waals surface area contributed by atoms with Crippen molar-refractivity contribution in [1.82, 2.24) is 4.31 Å². The fourth-order valence-corrected chi connectivity index (χ4v) is 4.68. The van der Waals surface area contributed by atoms with E-state index in [0.717, 1.165) is 29.3 Å². The first kappa shape index (κ1) is 15.7. The van der Waals surface area contributed by atoms with Crippen LogP contribution in [0.3, 0.4) is 0 Å². The molecule has 0 saturated heterocycles. The second-order valence-corrected chi connectivity index (χ2v) is 8.50. The maximum atomic E-state index is 12.9. The molecule has 3 rings (SSSR count). The summed E-state index contributed by atoms with van der Waals surface area (Å²) >= 11 is 3.34. The van der Waals surface area contributed by atoms with Gasteiger partial charge in [-0.1, -0.05) is 40.2 Å². The van der Waals surface area contributed by atoms with E-state index in [9.17, 15) is 8.42 Å². The number of benzene rings is 2. The molecule has 0 bridgehead atoms. The van der Waals surface area contributed by atoms with Crippen LogP contribution in [0, 0.1) is 0 Å². The Bertz CT molecular complexity index is 772. The molecule has 0 fully saturated rings. The predicted octanol–water partition coefficient (Wildman–Crippen LogP) is 4.15. The average molecular weight is 380 g/mol. The van der Waals surface area contributed by atoms with Gasteiger partial charge in [0.2, 0.25) is 10.0 Å². The van der Waals surface area contributed by atoms with Gasteiger partial charge in [0.15, 0.2) is 0 Å². The fraction of sp³-hybridized carbons (Fsp3) is 0.294. The third-order valence-corrected chi connectivity index (χ3v) is 6.68. The molecule has 22 heavy (non-hydrogen) atoms. The van der Waals surface area contributed by atoms with Gasteiger partial charge >= 0.3 is 0 Å². The Hall–Kier alpha value is -1.17. The summed E-state index contributed by atoms with van der Waals surface area (Å²) in [5.74, 6) is 0. The van der Waals surface area contributed by atoms with Crippen molar-refractivity contribution < 1.29 is 8.42 Å². The van der Waals surface area contributed by atoms with Gasteiger partial charge in [0, 0.05) is 17.6 Å². The van der Waals surface area contributed by atoms with Crippen LogP contribution in [-0.2, 0) is 16.4 Å². The predicted molar refractivity (Wildman–Crippen MR) is 91.2 cm³/mol. The molecule has 0 unspecified atom stereocenters. The van der Waals surface area contributed by atoms with Gasteiger partial charge in [0.1, 0.15) is 0 Å². The molecule has 0 spiro atoms. The molecule has 5 heteroatoms. The van der Waals surface area contributed by atoms with E-state index in [2.05, 4.69) is 22.0 Å². The van der Waals surface area contributed by atoms with Crippen LogP contribution in [0.2, 0.25) is 0 Å². The lowest BCUT2D eigenvalue weighted by atomic mass is 9.88. The van der Waals surface area contributed by atoms with Crippen molar-refractivity contribution >= 4 is 26.0 Å². The summed E-state index contributed by atoms with van der Waals surface area (Å²) in [5, 5.41) is 0. The SMILES string of the molecule is CN([C@H]1CCCc2ccccc21)S(=O)(=O)c1ccc(Br)cc1. The number of fused-ring (bicyclic) bond motifs is 1. The molecule has 2 aromatic rings. The number of nitrogens with zero attached hydrogens (tertiary/aromatic N) is 1. The largest absolute Gasteiger partial charge is 0.243 e. The zero-order valence-corrected chi connectivity index (χ0v) is 14.8. The summed E-state index contributed by atoms with van der Waals surface area (Å²) in [6, 6.07) is 14.9. The average Bonchev–Trinajstić information content (AvgIpc) is 2.54. The number of rotatable bonds is 3. The summed E-state index contributed by atoms with van der Waals surface area (Å²) in [6.07, 6.45) is 2.91. The van der Waals surface area contributed by atoms with Gasteiger partial charge in [0.05, 0.1) is 4.90 Å². The Kier molecular flexibility index (Phi) is 4.39. The Morgan fingerprint density at radius 1 is 1.09 bits per heavy atom. The number of hydrogen-bond donors (Lipinski definition) is 0. The normalized spacial score (nSPS) is 18.2. The van der Waals surface area contributed by atoms with E-state index in [-0.39, 0.29) is 6.04 Å². The van der Waals surface area contributed by atoms with E-state index in [1.54, 1.807) is 31.3 Å². The molecule has 0 N–H and O–H groups in total. The number of aryl methyl sites for hydroxylation is 1. The Labute approximate surface area is 140 Å². The van der Waals surface area contributed by atoms with Crippen LogP contribution in [0.5, 0.6) is 0 Å². The first-order chi connectivity index (χ1) is 10.5. The summed E-state index contributed by atoms with van der Waals surface area (Å²) in [6.45, 7) is 0. The number of hydrogen-bond acceptors (Lipinski definition) is 2. The van der Waals surface area contributed by atoms with Crippen LogP contribution < -0.4 is 0 Å². The van der Waals surface area contributed by atoms with E-state index >= 15 is 0 Å². The van der Waals surface area contributed by atoms with Crippen LogP contribution in [-0.4, -0.2) is 19.8 Å². The zero-order valence-electron chi connectivity index (χ0n) is 12.4. The summed E-state index contributed by atoms with van der Waals surface area (Å²) in [5.41, 5.74) is 2.40. The summed E-state index contributed by atoms with van der Waals surface area (Å²) in [7, 11) is -1.80. The summed E-state index contributed by atoms with van der Waals surface area (Å²) < 4.78 is 28.1. The van der Waals surface area contributed by atoms with Crippen LogP contribution in [0.15, 0.2) is 57.9 Å². The molecule has 2 aromatic carbocycles. The van der Waals surface area contributed by atoms with Gasteiger partial charge in [-0.25, -0.2) is 8.42 Å². The Morgan fingerprint density at radius 3 is 2.50 bits per heavy atom. The zero-order chi connectivity index (χ0) is 15.7. The van der Waals surface area contributed by atoms with Gasteiger partial charge in [-0.05, 0) is 54.7 Å². The Morgan fingerprint density at radius 2 is 1.77 bits per heavy atom. The van der Waals surface area contributed by atoms with E-state index < -0.39 is 10.0 Å². The maximum absolute atomic E-state index is 12.9. The highest BCUT2D eigenvalue weighted by Crippen LogP contribution is 2.36. The lowest BCUT2D eigenvalue weighted by Crippen LogP contribution is -2.33. The second kappa shape index (κ2) is 6.14. The number of sulfonamides is 1. The van der Waals surface area contributed by atoms with E-state index in [1.165, 1.54) is 9.87 Å². The molecule has 1 aliphatic carbocycles. The second-order valence-electron chi connectivity index (χ2n) is 5.58. The minimum absolute atomic E-state index is 0.0846. The van der Waals surface area contributed by atoms with Gasteiger partial charge in [-0.3, -0.25) is 0 Å². The van der Waals surface area contributed by atoms with Crippen LogP contribution in [0.4, 0.5) is 0 Å². The molecule has 1 atom stereocenters. The van der Waals surface area contributed by atoms with Gasteiger partial charge in [-0.2, -0.15) is 4.31 Å². The van der Waals surface area contributed by atoms with Gasteiger partial charge in [-0.15, -0.1) is 0 Å². The summed E-state index contributed by atoms with van der Waals surface area (Å²) in [4.78, 5) is 0.334. The van der Waals surface area contributed by atoms with E-state index in [0.29, 0.717) is 4.90 Å². The highest BCUT2D eigenvalue weighted by Gasteiger charge is 2.31. The molecule has 0 aromatic heterocycles. The van der Waals surface area contributed by atoms with Crippen molar-refractivity contribution in [2.24, 2.45) is 0 Å². The van der Waals surface area contributed by atoms with Crippen molar-refractivity contribution in [2.75, 3.05) is 7.05 Å². The third kappa shape index (κ3) is 2.85. The maximum Gasteiger partial charge on any atom is 0.243 e. The molecular formula is C17H18BrNO2S. The van der Waals surface area contributed by atoms with E-state index in [1.807, 2.05) is 18.2 Å². The topological polar surface area (TPSA) is 37.4 Å². The monoisotopic (exact) mass is 379 g/mol. The standard InChI is InChI=1S/C17H18BrNO2S/c1-19(22(20,21)15-11-9-14(18)10-12-15)17-8-4-6-13-5-2-3-7-16(13)17/h2-3,5,7,9-12,17H,4,6,8H2,1H3/t17-/m0/s1. The molecule has 0 aliphatic heterocycles. The molecule has 0 saturated carbocycles. The first-order valence-electron chi connectivity index (χ1n) is 7.31. The third-order valence-electron chi connectivity index (χ3n) is 4.27. The Balaban J connectivity index is 1.97. The van der Waals surface area contributed by atoms with E-state index in [4.69, 9.17) is 0 Å². The minimum Gasteiger partial charge on any atom is -0.207 e. The van der Waals surface area contributed by atoms with Crippen LogP contribution in [0.25, 0.3) is 0 Å². The molecule has 0 amide bonds. The molecular weight excluding hydrogens is 362 g/mol. The molecule has 3 nitrogen and oxygen atoms in total. The van der Waals surface area contributed by atoms with Gasteiger partial charge in [0.25, 0.3) is 0 Å². The first-order valence-corrected chi connectivity index (χ1v) is 9.55. The minimum atomic E-state index is -3.49. The van der Waals surface area contributed by atoms with Crippen LogP contribution >= 0.6 is 15.9 Å². The van der Waals surface area contributed by atoms with Crippen molar-refractivity contribution in [3.8, 4) is 0 Å². The smallest absolute Gasteiger partial charge is 0.207 e. The highest BCUT2D eigenvalue weighted by atomic mass is 79.9. The molecule has 1 aliphatic rings. The molecule has 0 heterocycles. The van der Waals surface area contributed by atoms with Crippen LogP contribution in [0.1, 0.15) is 30.0 Å². The van der Waals surface area contributed by atoms with Crippen molar-refractivity contribution in [3.05, 3.63) is 64.1 Å². The lowest BCUT2D eigenvalue weighted by Gasteiger charge is -2.32. The molecule has 116 valence electrons. The highest BCUT2D eigenvalue weighted by molar-refractivity contribution is 9.10. The fourth-order valence-electron chi connectivity index (χ4n) is 3.05. The van der Waals surface area contributed by atoms with Crippen molar-refractivity contribution in [2.45, 2.75) is 30.2 Å². The van der Waals surface area contributed by atoms with Crippen molar-refractivity contribution in [3.63, 3.8) is 0 Å². The lowest BCUT2D eigenvalue weighted by molar-refractivity contribution is 0.337.